The molecule has 0 unspecified atom stereocenters. The van der Waals surface area contributed by atoms with Gasteiger partial charge in [0.05, 0.1) is 23.9 Å². The Labute approximate surface area is 181 Å². The minimum absolute atomic E-state index is 0.188. The number of benzene rings is 2. The minimum atomic E-state index is -0.188. The fraction of sp³-hybridized carbons (Fsp3) is 0.280. The topological polar surface area (TPSA) is 69.3 Å². The van der Waals surface area contributed by atoms with Crippen molar-refractivity contribution in [3.63, 3.8) is 0 Å². The number of furan rings is 1. The summed E-state index contributed by atoms with van der Waals surface area (Å²) in [5, 5.41) is 2.89. The monoisotopic (exact) mass is 417 g/mol. The van der Waals surface area contributed by atoms with E-state index in [1.165, 1.54) is 11.8 Å². The van der Waals surface area contributed by atoms with Gasteiger partial charge in [0, 0.05) is 19.5 Å². The van der Waals surface area contributed by atoms with E-state index in [-0.39, 0.29) is 5.91 Å². The van der Waals surface area contributed by atoms with Gasteiger partial charge >= 0.3 is 0 Å². The minimum Gasteiger partial charge on any atom is -0.494 e. The van der Waals surface area contributed by atoms with Crippen molar-refractivity contribution in [3.05, 3.63) is 84.1 Å². The van der Waals surface area contributed by atoms with Crippen LogP contribution in [0.15, 0.2) is 71.3 Å². The molecule has 0 radical (unpaired) electrons. The molecular weight excluding hydrogens is 390 g/mol. The van der Waals surface area contributed by atoms with Crippen LogP contribution in [0.3, 0.4) is 0 Å². The largest absolute Gasteiger partial charge is 0.494 e. The molecule has 1 amide bonds. The van der Waals surface area contributed by atoms with Gasteiger partial charge in [-0.3, -0.25) is 4.79 Å². The lowest BCUT2D eigenvalue weighted by molar-refractivity contribution is 0.0925. The maximum Gasteiger partial charge on any atom is 0.286 e. The lowest BCUT2D eigenvalue weighted by atomic mass is 10.2. The standard InChI is InChI=1S/C25H27N3O3/c1-19-11-13-20(14-12-19)30-18-6-16-28-22-8-3-2-7-21(22)27-24(28)10-4-15-26-25(29)23-9-5-17-31-23/h2-3,5,7-9,11-14,17H,4,6,10,15-16,18H2,1H3,(H,26,29). The zero-order valence-electron chi connectivity index (χ0n) is 17.7. The van der Waals surface area contributed by atoms with Gasteiger partial charge in [-0.25, -0.2) is 4.98 Å². The zero-order valence-corrected chi connectivity index (χ0v) is 17.7. The van der Waals surface area contributed by atoms with Crippen LogP contribution < -0.4 is 10.1 Å². The number of imidazole rings is 1. The van der Waals surface area contributed by atoms with E-state index in [4.69, 9.17) is 14.1 Å². The van der Waals surface area contributed by atoms with Gasteiger partial charge in [-0.15, -0.1) is 0 Å². The average molecular weight is 418 g/mol. The Balaban J connectivity index is 1.32. The lowest BCUT2D eigenvalue weighted by Crippen LogP contribution is -2.24. The number of hydrogen-bond donors (Lipinski definition) is 1. The van der Waals surface area contributed by atoms with Crippen LogP contribution in [0.1, 0.15) is 34.8 Å². The summed E-state index contributed by atoms with van der Waals surface area (Å²) < 4.78 is 13.3. The van der Waals surface area contributed by atoms with Crippen molar-refractivity contribution in [2.75, 3.05) is 13.2 Å². The fourth-order valence-electron chi connectivity index (χ4n) is 3.56. The van der Waals surface area contributed by atoms with Crippen LogP contribution >= 0.6 is 0 Å². The maximum atomic E-state index is 12.0. The van der Waals surface area contributed by atoms with Gasteiger partial charge in [0.1, 0.15) is 11.6 Å². The summed E-state index contributed by atoms with van der Waals surface area (Å²) in [5.41, 5.74) is 3.35. The number of aryl methyl sites for hydroxylation is 3. The summed E-state index contributed by atoms with van der Waals surface area (Å²) in [6.07, 6.45) is 3.97. The summed E-state index contributed by atoms with van der Waals surface area (Å²) >= 11 is 0. The van der Waals surface area contributed by atoms with Gasteiger partial charge in [0.15, 0.2) is 5.76 Å². The van der Waals surface area contributed by atoms with Crippen molar-refractivity contribution in [3.8, 4) is 5.75 Å². The van der Waals surface area contributed by atoms with Crippen molar-refractivity contribution < 1.29 is 13.9 Å². The third-order valence-corrected chi connectivity index (χ3v) is 5.16. The SMILES string of the molecule is Cc1ccc(OCCCn2c(CCCNC(=O)c3ccco3)nc3ccccc32)cc1. The van der Waals surface area contributed by atoms with Crippen LogP contribution in [-0.4, -0.2) is 28.6 Å². The second kappa shape index (κ2) is 9.98. The number of hydrogen-bond acceptors (Lipinski definition) is 4. The summed E-state index contributed by atoms with van der Waals surface area (Å²) in [6.45, 7) is 4.12. The number of nitrogens with one attached hydrogen (secondary N) is 1. The van der Waals surface area contributed by atoms with Gasteiger partial charge in [0.25, 0.3) is 5.91 Å². The third kappa shape index (κ3) is 5.34. The molecular formula is C25H27N3O3. The van der Waals surface area contributed by atoms with E-state index in [1.54, 1.807) is 12.1 Å². The van der Waals surface area contributed by atoms with Crippen LogP contribution in [0.2, 0.25) is 0 Å². The molecule has 0 saturated heterocycles. The van der Waals surface area contributed by atoms with Crippen molar-refractivity contribution in [1.29, 1.82) is 0 Å². The van der Waals surface area contributed by atoms with Crippen LogP contribution in [0.5, 0.6) is 5.75 Å². The molecule has 6 heteroatoms. The fourth-order valence-corrected chi connectivity index (χ4v) is 3.56. The predicted molar refractivity (Wildman–Crippen MR) is 120 cm³/mol. The summed E-state index contributed by atoms with van der Waals surface area (Å²) in [4.78, 5) is 16.8. The van der Waals surface area contributed by atoms with Gasteiger partial charge in [0.2, 0.25) is 0 Å². The van der Waals surface area contributed by atoms with Gasteiger partial charge in [-0.2, -0.15) is 0 Å². The number of rotatable bonds is 10. The Kier molecular flexibility index (Phi) is 6.67. The number of ether oxygens (including phenoxy) is 1. The number of para-hydroxylation sites is 2. The third-order valence-electron chi connectivity index (χ3n) is 5.16. The highest BCUT2D eigenvalue weighted by molar-refractivity contribution is 5.91. The molecule has 2 aromatic carbocycles. The van der Waals surface area contributed by atoms with E-state index in [9.17, 15) is 4.79 Å². The molecule has 0 aliphatic rings. The first-order valence-corrected chi connectivity index (χ1v) is 10.7. The van der Waals surface area contributed by atoms with Crippen molar-refractivity contribution in [1.82, 2.24) is 14.9 Å². The highest BCUT2D eigenvalue weighted by Gasteiger charge is 2.11. The summed E-state index contributed by atoms with van der Waals surface area (Å²) in [7, 11) is 0. The molecule has 0 atom stereocenters. The van der Waals surface area contributed by atoms with Gasteiger partial charge in [-0.1, -0.05) is 29.8 Å². The molecule has 160 valence electrons. The molecule has 6 nitrogen and oxygen atoms in total. The molecule has 4 aromatic rings. The number of carbonyl (C=O) groups is 1. The van der Waals surface area contributed by atoms with E-state index in [2.05, 4.69) is 35.0 Å². The van der Waals surface area contributed by atoms with Crippen LogP contribution in [-0.2, 0) is 13.0 Å². The highest BCUT2D eigenvalue weighted by Crippen LogP contribution is 2.18. The molecule has 4 rings (SSSR count). The average Bonchev–Trinajstić information content (AvgIpc) is 3.44. The number of carbonyl (C=O) groups excluding carboxylic acids is 1. The van der Waals surface area contributed by atoms with Crippen molar-refractivity contribution in [2.45, 2.75) is 32.7 Å². The first kappa shape index (κ1) is 20.7. The van der Waals surface area contributed by atoms with Crippen LogP contribution in [0.4, 0.5) is 0 Å². The lowest BCUT2D eigenvalue weighted by Gasteiger charge is -2.11. The van der Waals surface area contributed by atoms with Crippen molar-refractivity contribution >= 4 is 16.9 Å². The number of fused-ring (bicyclic) bond motifs is 1. The second-order valence-corrected chi connectivity index (χ2v) is 7.52. The first-order valence-electron chi connectivity index (χ1n) is 10.7. The first-order chi connectivity index (χ1) is 15.2. The Morgan fingerprint density at radius 1 is 1.06 bits per heavy atom. The van der Waals surface area contributed by atoms with Crippen LogP contribution in [0, 0.1) is 6.92 Å². The smallest absolute Gasteiger partial charge is 0.286 e. The molecule has 0 aliphatic carbocycles. The van der Waals surface area contributed by atoms with E-state index < -0.39 is 0 Å². The molecule has 0 saturated carbocycles. The molecule has 31 heavy (non-hydrogen) atoms. The zero-order chi connectivity index (χ0) is 21.5. The number of nitrogens with zero attached hydrogens (tertiary/aromatic N) is 2. The molecule has 2 aromatic heterocycles. The van der Waals surface area contributed by atoms with Crippen LogP contribution in [0.25, 0.3) is 11.0 Å². The van der Waals surface area contributed by atoms with E-state index in [0.29, 0.717) is 18.9 Å². The number of aromatic nitrogens is 2. The summed E-state index contributed by atoms with van der Waals surface area (Å²) in [6, 6.07) is 19.7. The van der Waals surface area contributed by atoms with Gasteiger partial charge < -0.3 is 19.0 Å². The molecule has 0 bridgehead atoms. The Bertz CT molecular complexity index is 1110. The van der Waals surface area contributed by atoms with E-state index in [0.717, 1.165) is 48.4 Å². The van der Waals surface area contributed by atoms with E-state index in [1.807, 2.05) is 30.3 Å². The molecule has 1 N–H and O–H groups in total. The van der Waals surface area contributed by atoms with Crippen molar-refractivity contribution in [2.24, 2.45) is 0 Å². The second-order valence-electron chi connectivity index (χ2n) is 7.52. The highest BCUT2D eigenvalue weighted by atomic mass is 16.5. The Hall–Kier alpha value is -3.54. The molecule has 0 aliphatic heterocycles. The number of amides is 1. The predicted octanol–water partition coefficient (Wildman–Crippen LogP) is 4.77. The molecule has 0 spiro atoms. The molecule has 0 fully saturated rings. The maximum absolute atomic E-state index is 12.0. The Morgan fingerprint density at radius 2 is 1.90 bits per heavy atom. The summed E-state index contributed by atoms with van der Waals surface area (Å²) in [5.74, 6) is 2.07. The van der Waals surface area contributed by atoms with E-state index >= 15 is 0 Å². The Morgan fingerprint density at radius 3 is 2.71 bits per heavy atom. The normalized spacial score (nSPS) is 11.0. The molecule has 2 heterocycles. The quantitative estimate of drug-likeness (QED) is 0.378. The van der Waals surface area contributed by atoms with Gasteiger partial charge in [-0.05, 0) is 56.2 Å².